The lowest BCUT2D eigenvalue weighted by atomic mass is 10.1. The molecule has 3 nitrogen and oxygen atoms in total. The van der Waals surface area contributed by atoms with Crippen molar-refractivity contribution in [3.8, 4) is 0 Å². The van der Waals surface area contributed by atoms with Gasteiger partial charge < -0.3 is 5.32 Å². The minimum Gasteiger partial charge on any atom is -0.322 e. The first kappa shape index (κ1) is 16.7. The highest BCUT2D eigenvalue weighted by molar-refractivity contribution is 7.99. The summed E-state index contributed by atoms with van der Waals surface area (Å²) in [6, 6.07) is 13.1. The second-order valence-electron chi connectivity index (χ2n) is 4.89. The molecule has 2 aromatic carbocycles. The molecule has 0 saturated carbocycles. The van der Waals surface area contributed by atoms with E-state index in [-0.39, 0.29) is 5.91 Å². The summed E-state index contributed by atoms with van der Waals surface area (Å²) < 4.78 is 24.6. The van der Waals surface area contributed by atoms with Crippen molar-refractivity contribution in [3.05, 3.63) is 65.3 Å². The van der Waals surface area contributed by atoms with E-state index < -0.39 is 5.76 Å². The number of nitrogens with one attached hydrogen (secondary N) is 1. The molecule has 0 aliphatic carbocycles. The summed E-state index contributed by atoms with van der Waals surface area (Å²) in [5.41, 5.74) is 1.40. The van der Waals surface area contributed by atoms with Gasteiger partial charge in [0.25, 0.3) is 11.7 Å². The van der Waals surface area contributed by atoms with Gasteiger partial charge in [-0.2, -0.15) is 8.78 Å². The Labute approximate surface area is 146 Å². The van der Waals surface area contributed by atoms with Crippen molar-refractivity contribution in [2.24, 2.45) is 0 Å². The Morgan fingerprint density at radius 2 is 1.92 bits per heavy atom. The number of pyridine rings is 1. The van der Waals surface area contributed by atoms with Crippen LogP contribution in [0.4, 0.5) is 14.5 Å². The molecule has 0 unspecified atom stereocenters. The molecule has 0 saturated heterocycles. The zero-order chi connectivity index (χ0) is 17.1. The number of rotatable bonds is 4. The lowest BCUT2D eigenvalue weighted by molar-refractivity contribution is 0.102. The van der Waals surface area contributed by atoms with Gasteiger partial charge in [0.05, 0.1) is 11.1 Å². The summed E-state index contributed by atoms with van der Waals surface area (Å²) in [7, 11) is 0. The third-order valence-electron chi connectivity index (χ3n) is 3.25. The van der Waals surface area contributed by atoms with Crippen molar-refractivity contribution >= 4 is 45.9 Å². The van der Waals surface area contributed by atoms with Crippen LogP contribution in [0.1, 0.15) is 10.4 Å². The van der Waals surface area contributed by atoms with Crippen molar-refractivity contribution in [2.75, 3.05) is 5.32 Å². The second-order valence-corrected chi connectivity index (χ2v) is 6.39. The van der Waals surface area contributed by atoms with E-state index in [2.05, 4.69) is 10.3 Å². The van der Waals surface area contributed by atoms with Gasteiger partial charge in [-0.05, 0) is 42.5 Å². The molecule has 3 aromatic rings. The van der Waals surface area contributed by atoms with Crippen molar-refractivity contribution in [1.29, 1.82) is 0 Å². The molecule has 0 aliphatic rings. The highest BCUT2D eigenvalue weighted by Gasteiger charge is 2.13. The fourth-order valence-electron chi connectivity index (χ4n) is 2.25. The summed E-state index contributed by atoms with van der Waals surface area (Å²) in [4.78, 5) is 17.2. The molecule has 1 amide bonds. The lowest BCUT2D eigenvalue weighted by Gasteiger charge is -2.09. The number of carbonyl (C=O) groups excluding carboxylic acids is 1. The van der Waals surface area contributed by atoms with Gasteiger partial charge in [0.15, 0.2) is 0 Å². The molecule has 1 N–H and O–H groups in total. The standard InChI is InChI=1S/C17H11ClF2N2OS/c18-11-8-10-2-1-7-21-15(10)14(9-11)16(23)22-12-3-5-13(6-4-12)24-17(19)20/h1-9,17H,(H,22,23). The maximum absolute atomic E-state index is 12.5. The molecular formula is C17H11ClF2N2OS. The fraction of sp³-hybridized carbons (Fsp3) is 0.0588. The van der Waals surface area contributed by atoms with Crippen LogP contribution in [0, 0.1) is 0 Å². The van der Waals surface area contributed by atoms with E-state index in [1.807, 2.05) is 6.07 Å². The second kappa shape index (κ2) is 7.15. The number of thioether (sulfide) groups is 1. The van der Waals surface area contributed by atoms with Gasteiger partial charge in [0.2, 0.25) is 0 Å². The summed E-state index contributed by atoms with van der Waals surface area (Å²) in [5.74, 6) is -2.84. The third kappa shape index (κ3) is 3.83. The molecule has 0 fully saturated rings. The Kier molecular flexibility index (Phi) is 4.97. The molecule has 0 bridgehead atoms. The van der Waals surface area contributed by atoms with Crippen LogP contribution < -0.4 is 5.32 Å². The molecule has 7 heteroatoms. The molecule has 24 heavy (non-hydrogen) atoms. The van der Waals surface area contributed by atoms with Crippen LogP contribution in [-0.2, 0) is 0 Å². The first-order valence-corrected chi connectivity index (χ1v) is 8.19. The number of hydrogen-bond donors (Lipinski definition) is 1. The number of anilines is 1. The van der Waals surface area contributed by atoms with Gasteiger partial charge in [0, 0.05) is 27.2 Å². The topological polar surface area (TPSA) is 42.0 Å². The Balaban J connectivity index is 1.85. The summed E-state index contributed by atoms with van der Waals surface area (Å²) in [6.07, 6.45) is 1.60. The van der Waals surface area contributed by atoms with Crippen LogP contribution in [0.5, 0.6) is 0 Å². The van der Waals surface area contributed by atoms with Gasteiger partial charge in [-0.1, -0.05) is 29.4 Å². The van der Waals surface area contributed by atoms with Crippen LogP contribution in [0.3, 0.4) is 0 Å². The fourth-order valence-corrected chi connectivity index (χ4v) is 2.97. The zero-order valence-corrected chi connectivity index (χ0v) is 13.7. The van der Waals surface area contributed by atoms with Gasteiger partial charge in [-0.15, -0.1) is 0 Å². The Hall–Kier alpha value is -2.18. The Morgan fingerprint density at radius 3 is 2.62 bits per heavy atom. The van der Waals surface area contributed by atoms with Gasteiger partial charge in [-0.3, -0.25) is 9.78 Å². The number of alkyl halides is 2. The molecule has 0 atom stereocenters. The normalized spacial score (nSPS) is 11.0. The minimum atomic E-state index is -2.48. The van der Waals surface area contributed by atoms with Crippen LogP contribution in [-0.4, -0.2) is 16.6 Å². The number of carbonyl (C=O) groups is 1. The largest absolute Gasteiger partial charge is 0.322 e. The highest BCUT2D eigenvalue weighted by Crippen LogP contribution is 2.27. The van der Waals surface area contributed by atoms with Crippen molar-refractivity contribution in [3.63, 3.8) is 0 Å². The van der Waals surface area contributed by atoms with Crippen LogP contribution in [0.25, 0.3) is 10.9 Å². The molecule has 1 aromatic heterocycles. The van der Waals surface area contributed by atoms with E-state index in [9.17, 15) is 13.6 Å². The summed E-state index contributed by atoms with van der Waals surface area (Å²) >= 11 is 6.51. The number of amides is 1. The molecule has 0 aliphatic heterocycles. The van der Waals surface area contributed by atoms with E-state index in [0.29, 0.717) is 38.4 Å². The monoisotopic (exact) mass is 364 g/mol. The molecule has 122 valence electrons. The number of benzene rings is 2. The van der Waals surface area contributed by atoms with Gasteiger partial charge >= 0.3 is 0 Å². The van der Waals surface area contributed by atoms with E-state index in [1.165, 1.54) is 12.1 Å². The number of nitrogens with zero attached hydrogens (tertiary/aromatic N) is 1. The highest BCUT2D eigenvalue weighted by atomic mass is 35.5. The molecule has 0 radical (unpaired) electrons. The van der Waals surface area contributed by atoms with Gasteiger partial charge in [-0.25, -0.2) is 0 Å². The van der Waals surface area contributed by atoms with Crippen LogP contribution >= 0.6 is 23.4 Å². The molecule has 0 spiro atoms. The Bertz CT molecular complexity index is 887. The van der Waals surface area contributed by atoms with E-state index >= 15 is 0 Å². The van der Waals surface area contributed by atoms with Gasteiger partial charge in [0.1, 0.15) is 0 Å². The van der Waals surface area contributed by atoms with E-state index in [1.54, 1.807) is 36.5 Å². The third-order valence-corrected chi connectivity index (χ3v) is 4.19. The molecular weight excluding hydrogens is 354 g/mol. The lowest BCUT2D eigenvalue weighted by Crippen LogP contribution is -2.12. The van der Waals surface area contributed by atoms with Crippen LogP contribution in [0.15, 0.2) is 59.6 Å². The summed E-state index contributed by atoms with van der Waals surface area (Å²) in [6.45, 7) is 0. The first-order valence-electron chi connectivity index (χ1n) is 6.93. The summed E-state index contributed by atoms with van der Waals surface area (Å²) in [5, 5.41) is 3.92. The maximum atomic E-state index is 12.5. The SMILES string of the molecule is O=C(Nc1ccc(SC(F)F)cc1)c1cc(Cl)cc2cccnc12. The van der Waals surface area contributed by atoms with Crippen molar-refractivity contribution in [2.45, 2.75) is 10.7 Å². The average Bonchev–Trinajstić information content (AvgIpc) is 2.55. The quantitative estimate of drug-likeness (QED) is 0.625. The minimum absolute atomic E-state index is 0.351. The van der Waals surface area contributed by atoms with E-state index in [4.69, 9.17) is 11.6 Å². The Morgan fingerprint density at radius 1 is 1.17 bits per heavy atom. The van der Waals surface area contributed by atoms with Crippen LogP contribution in [0.2, 0.25) is 5.02 Å². The first-order chi connectivity index (χ1) is 11.5. The maximum Gasteiger partial charge on any atom is 0.288 e. The van der Waals surface area contributed by atoms with Crippen molar-refractivity contribution < 1.29 is 13.6 Å². The number of hydrogen-bond acceptors (Lipinski definition) is 3. The van der Waals surface area contributed by atoms with Crippen molar-refractivity contribution in [1.82, 2.24) is 4.98 Å². The predicted octanol–water partition coefficient (Wildman–Crippen LogP) is 5.46. The van der Waals surface area contributed by atoms with E-state index in [0.717, 1.165) is 5.39 Å². The average molecular weight is 365 g/mol. The zero-order valence-electron chi connectivity index (χ0n) is 12.2. The smallest absolute Gasteiger partial charge is 0.288 e. The molecule has 3 rings (SSSR count). The number of aromatic nitrogens is 1. The predicted molar refractivity (Wildman–Crippen MR) is 93.0 cm³/mol. The number of halogens is 3. The number of fused-ring (bicyclic) bond motifs is 1. The molecule has 1 heterocycles.